The van der Waals surface area contributed by atoms with Gasteiger partial charge in [-0.2, -0.15) is 0 Å². The summed E-state index contributed by atoms with van der Waals surface area (Å²) in [6.45, 7) is 0.397. The van der Waals surface area contributed by atoms with E-state index < -0.39 is 47.8 Å². The monoisotopic (exact) mass is 358 g/mol. The highest BCUT2D eigenvalue weighted by Crippen LogP contribution is 2.32. The second kappa shape index (κ2) is 7.29. The Bertz CT molecular complexity index is 638. The van der Waals surface area contributed by atoms with Crippen LogP contribution in [-0.4, -0.2) is 68.2 Å². The molecule has 0 radical (unpaired) electrons. The zero-order chi connectivity index (χ0) is 18.8. The summed E-state index contributed by atoms with van der Waals surface area (Å²) in [7, 11) is 0. The van der Waals surface area contributed by atoms with Crippen LogP contribution >= 0.6 is 0 Å². The highest BCUT2D eigenvalue weighted by molar-refractivity contribution is 5.74. The predicted molar refractivity (Wildman–Crippen MR) is 80.3 cm³/mol. The van der Waals surface area contributed by atoms with Crippen LogP contribution in [0.25, 0.3) is 0 Å². The molecule has 11 nitrogen and oxygen atoms in total. The Balaban J connectivity index is 2.36. The number of nitro groups is 1. The Morgan fingerprint density at radius 1 is 1.36 bits per heavy atom. The number of carbonyl (C=O) groups is 1. The highest BCUT2D eigenvalue weighted by atomic mass is 16.7. The number of aliphatic hydroxyl groups is 4. The third-order valence-corrected chi connectivity index (χ3v) is 3.70. The number of ether oxygens (including phenoxy) is 2. The normalized spacial score (nSPS) is 32.0. The molecule has 0 spiro atoms. The molecule has 0 aromatic heterocycles. The van der Waals surface area contributed by atoms with Gasteiger partial charge in [0.05, 0.1) is 11.5 Å². The summed E-state index contributed by atoms with van der Waals surface area (Å²) in [6.07, 6.45) is -6.79. The number of benzene rings is 1. The van der Waals surface area contributed by atoms with Gasteiger partial charge >= 0.3 is 0 Å². The highest BCUT2D eigenvalue weighted by Gasteiger charge is 2.58. The maximum absolute atomic E-state index is 11.5. The molecule has 1 amide bonds. The fourth-order valence-electron chi connectivity index (χ4n) is 2.48. The van der Waals surface area contributed by atoms with Gasteiger partial charge in [-0.25, -0.2) is 0 Å². The average molecular weight is 358 g/mol. The molecule has 1 aromatic rings. The number of rotatable bonds is 5. The van der Waals surface area contributed by atoms with E-state index in [0.717, 1.165) is 19.1 Å². The number of hydrogen-bond donors (Lipinski definition) is 5. The first-order valence-electron chi connectivity index (χ1n) is 7.24. The van der Waals surface area contributed by atoms with Gasteiger partial charge in [0.1, 0.15) is 24.1 Å². The first-order chi connectivity index (χ1) is 11.7. The van der Waals surface area contributed by atoms with Gasteiger partial charge in [0.25, 0.3) is 11.4 Å². The number of nitro benzene ring substituents is 1. The molecule has 1 aromatic carbocycles. The van der Waals surface area contributed by atoms with Crippen LogP contribution in [0, 0.1) is 10.1 Å². The number of nitrogens with one attached hydrogen (secondary N) is 1. The minimum absolute atomic E-state index is 0.0456. The van der Waals surface area contributed by atoms with Crippen LogP contribution in [0.3, 0.4) is 0 Å². The van der Waals surface area contributed by atoms with Gasteiger partial charge in [-0.15, -0.1) is 0 Å². The van der Waals surface area contributed by atoms with E-state index in [0.29, 0.717) is 0 Å². The van der Waals surface area contributed by atoms with Crippen LogP contribution in [0.1, 0.15) is 6.92 Å². The molecule has 1 fully saturated rings. The van der Waals surface area contributed by atoms with E-state index in [1.807, 2.05) is 0 Å². The number of non-ortho nitro benzene ring substituents is 1. The van der Waals surface area contributed by atoms with E-state index >= 15 is 0 Å². The average Bonchev–Trinajstić information content (AvgIpc) is 2.56. The van der Waals surface area contributed by atoms with Crippen molar-refractivity contribution in [3.63, 3.8) is 0 Å². The molecule has 138 valence electrons. The third-order valence-electron chi connectivity index (χ3n) is 3.70. The first-order valence-corrected chi connectivity index (χ1v) is 7.24. The van der Waals surface area contributed by atoms with E-state index in [1.165, 1.54) is 12.1 Å². The smallest absolute Gasteiger partial charge is 0.269 e. The molecular weight excluding hydrogens is 340 g/mol. The summed E-state index contributed by atoms with van der Waals surface area (Å²) in [5.74, 6) is -0.756. The van der Waals surface area contributed by atoms with Crippen molar-refractivity contribution in [3.8, 4) is 5.75 Å². The summed E-state index contributed by atoms with van der Waals surface area (Å²) in [5, 5.41) is 52.6. The minimum atomic E-state index is -2.28. The Labute approximate surface area is 141 Å². The SMILES string of the molecule is CC(=O)N[C@]1(Oc2ccc([N+](=O)[O-])cc2)[C@@H](O)O[C@H](CO)[C@@H](O)[C@@H]1O. The number of amides is 1. The molecule has 0 aliphatic carbocycles. The van der Waals surface area contributed by atoms with Crippen molar-refractivity contribution in [1.29, 1.82) is 0 Å². The molecule has 1 aliphatic heterocycles. The van der Waals surface area contributed by atoms with Gasteiger partial charge in [0.2, 0.25) is 12.2 Å². The van der Waals surface area contributed by atoms with Gasteiger partial charge in [-0.3, -0.25) is 14.9 Å². The van der Waals surface area contributed by atoms with Crippen LogP contribution in [0.5, 0.6) is 5.75 Å². The van der Waals surface area contributed by atoms with Crippen LogP contribution in [0.2, 0.25) is 0 Å². The molecule has 1 heterocycles. The number of aliphatic hydroxyl groups excluding tert-OH is 4. The summed E-state index contributed by atoms with van der Waals surface area (Å²) in [5.41, 5.74) is -2.50. The molecule has 0 unspecified atom stereocenters. The molecule has 25 heavy (non-hydrogen) atoms. The predicted octanol–water partition coefficient (Wildman–Crippen LogP) is -1.76. The number of carbonyl (C=O) groups excluding carboxylic acids is 1. The third kappa shape index (κ3) is 3.70. The topological polar surface area (TPSA) is 172 Å². The standard InChI is InChI=1S/C14H18N2O9/c1-7(18)15-14(12(20)11(19)10(6-17)24-13(14)21)25-9-4-2-8(3-5-9)16(22)23/h2-5,10-13,17,19-21H,6H2,1H3,(H,15,18)/t10-,11-,12+,13+,14-/m1/s1. The van der Waals surface area contributed by atoms with Crippen LogP contribution in [-0.2, 0) is 9.53 Å². The van der Waals surface area contributed by atoms with E-state index in [4.69, 9.17) is 14.6 Å². The lowest BCUT2D eigenvalue weighted by Gasteiger charge is -2.48. The van der Waals surface area contributed by atoms with Crippen molar-refractivity contribution in [1.82, 2.24) is 5.32 Å². The van der Waals surface area contributed by atoms with Crippen molar-refractivity contribution >= 4 is 11.6 Å². The molecule has 1 aliphatic rings. The quantitative estimate of drug-likeness (QED) is 0.232. The van der Waals surface area contributed by atoms with Gasteiger partial charge in [0.15, 0.2) is 0 Å². The van der Waals surface area contributed by atoms with Gasteiger partial charge < -0.3 is 35.2 Å². The molecule has 5 atom stereocenters. The number of hydrogen-bond acceptors (Lipinski definition) is 9. The molecule has 5 N–H and O–H groups in total. The maximum Gasteiger partial charge on any atom is 0.269 e. The van der Waals surface area contributed by atoms with Crippen LogP contribution in [0.15, 0.2) is 24.3 Å². The molecule has 0 bridgehead atoms. The minimum Gasteiger partial charge on any atom is -0.460 e. The second-order valence-electron chi connectivity index (χ2n) is 5.47. The Morgan fingerprint density at radius 2 is 1.96 bits per heavy atom. The molecule has 0 saturated carbocycles. The summed E-state index contributed by atoms with van der Waals surface area (Å²) in [6, 6.07) is 4.61. The van der Waals surface area contributed by atoms with Crippen molar-refractivity contribution in [3.05, 3.63) is 34.4 Å². The molecular formula is C14H18N2O9. The van der Waals surface area contributed by atoms with E-state index in [-0.39, 0.29) is 11.4 Å². The summed E-state index contributed by atoms with van der Waals surface area (Å²) in [4.78, 5) is 21.6. The molecule has 1 saturated heterocycles. The lowest BCUT2D eigenvalue weighted by molar-refractivity contribution is -0.384. The lowest BCUT2D eigenvalue weighted by Crippen LogP contribution is -2.75. The second-order valence-corrected chi connectivity index (χ2v) is 5.47. The zero-order valence-corrected chi connectivity index (χ0v) is 13.1. The van der Waals surface area contributed by atoms with Gasteiger partial charge in [-0.1, -0.05) is 0 Å². The van der Waals surface area contributed by atoms with Crippen molar-refractivity contribution in [2.24, 2.45) is 0 Å². The van der Waals surface area contributed by atoms with Crippen LogP contribution in [0.4, 0.5) is 5.69 Å². The summed E-state index contributed by atoms with van der Waals surface area (Å²) >= 11 is 0. The van der Waals surface area contributed by atoms with E-state index in [2.05, 4.69) is 5.32 Å². The Morgan fingerprint density at radius 3 is 2.44 bits per heavy atom. The molecule has 2 rings (SSSR count). The number of nitrogens with zero attached hydrogens (tertiary/aromatic N) is 1. The Hall–Kier alpha value is -2.31. The fraction of sp³-hybridized carbons (Fsp3) is 0.500. The van der Waals surface area contributed by atoms with E-state index in [9.17, 15) is 30.2 Å². The van der Waals surface area contributed by atoms with Gasteiger partial charge in [-0.05, 0) is 12.1 Å². The van der Waals surface area contributed by atoms with Crippen molar-refractivity contribution in [2.45, 2.75) is 37.3 Å². The lowest BCUT2D eigenvalue weighted by atomic mass is 9.93. The fourth-order valence-corrected chi connectivity index (χ4v) is 2.48. The largest absolute Gasteiger partial charge is 0.460 e. The van der Waals surface area contributed by atoms with Crippen molar-refractivity contribution < 1.29 is 39.6 Å². The zero-order valence-electron chi connectivity index (χ0n) is 13.1. The Kier molecular flexibility index (Phi) is 5.55. The van der Waals surface area contributed by atoms with E-state index in [1.54, 1.807) is 0 Å². The summed E-state index contributed by atoms with van der Waals surface area (Å²) < 4.78 is 10.5. The maximum atomic E-state index is 11.5. The first kappa shape index (κ1) is 19.0. The van der Waals surface area contributed by atoms with Crippen molar-refractivity contribution in [2.75, 3.05) is 6.61 Å². The van der Waals surface area contributed by atoms with Crippen LogP contribution < -0.4 is 10.1 Å². The van der Waals surface area contributed by atoms with Gasteiger partial charge in [0, 0.05) is 19.1 Å². The molecule has 11 heteroatoms.